The number of carbonyl (C=O) groups excluding carboxylic acids is 2. The number of pyridine rings is 1. The Morgan fingerprint density at radius 3 is 2.60 bits per heavy atom. The van der Waals surface area contributed by atoms with Crippen molar-refractivity contribution in [3.8, 4) is 0 Å². The van der Waals surface area contributed by atoms with Crippen LogP contribution in [0.25, 0.3) is 0 Å². The highest BCUT2D eigenvalue weighted by Crippen LogP contribution is 2.13. The highest BCUT2D eigenvalue weighted by atomic mass is 35.5. The highest BCUT2D eigenvalue weighted by molar-refractivity contribution is 6.29. The monoisotopic (exact) mass is 298 g/mol. The van der Waals surface area contributed by atoms with E-state index in [1.165, 1.54) is 6.20 Å². The van der Waals surface area contributed by atoms with E-state index in [0.717, 1.165) is 0 Å². The van der Waals surface area contributed by atoms with Crippen LogP contribution in [0.1, 0.15) is 26.7 Å². The predicted octanol–water partition coefficient (Wildman–Crippen LogP) is 2.16. The lowest BCUT2D eigenvalue weighted by Crippen LogP contribution is -2.46. The van der Waals surface area contributed by atoms with Crippen LogP contribution in [0.4, 0.5) is 10.5 Å². The maximum absolute atomic E-state index is 11.8. The largest absolute Gasteiger partial charge is 0.359 e. The first-order valence-electron chi connectivity index (χ1n) is 6.24. The molecule has 110 valence electrons. The Morgan fingerprint density at radius 2 is 2.05 bits per heavy atom. The molecule has 0 unspecified atom stereocenters. The lowest BCUT2D eigenvalue weighted by atomic mass is 9.98. The van der Waals surface area contributed by atoms with Gasteiger partial charge in [0.15, 0.2) is 0 Å². The van der Waals surface area contributed by atoms with Crippen LogP contribution in [-0.2, 0) is 4.79 Å². The van der Waals surface area contributed by atoms with Gasteiger partial charge in [0.1, 0.15) is 5.15 Å². The zero-order valence-electron chi connectivity index (χ0n) is 11.8. The molecule has 1 heterocycles. The summed E-state index contributed by atoms with van der Waals surface area (Å²) in [6.45, 7) is 3.71. The lowest BCUT2D eigenvalue weighted by molar-refractivity contribution is -0.120. The van der Waals surface area contributed by atoms with E-state index in [1.54, 1.807) is 19.2 Å². The SMILES string of the molecule is CNC(=O)CCC(C)(C)NC(=O)Nc1ccc(Cl)nc1. The third-order valence-corrected chi connectivity index (χ3v) is 2.92. The number of rotatable bonds is 5. The van der Waals surface area contributed by atoms with Crippen LogP contribution >= 0.6 is 11.6 Å². The molecule has 0 aromatic carbocycles. The van der Waals surface area contributed by atoms with Gasteiger partial charge in [0.05, 0.1) is 11.9 Å². The fourth-order valence-electron chi connectivity index (χ4n) is 1.53. The molecule has 0 atom stereocenters. The van der Waals surface area contributed by atoms with Gasteiger partial charge in [-0.15, -0.1) is 0 Å². The number of hydrogen-bond acceptors (Lipinski definition) is 3. The van der Waals surface area contributed by atoms with Gasteiger partial charge in [0.25, 0.3) is 0 Å². The normalized spacial score (nSPS) is 10.8. The molecule has 3 amide bonds. The highest BCUT2D eigenvalue weighted by Gasteiger charge is 2.21. The second-order valence-corrected chi connectivity index (χ2v) is 5.39. The molecule has 0 bridgehead atoms. The van der Waals surface area contributed by atoms with Crippen molar-refractivity contribution in [2.75, 3.05) is 12.4 Å². The maximum Gasteiger partial charge on any atom is 0.319 e. The summed E-state index contributed by atoms with van der Waals surface area (Å²) >= 11 is 5.66. The predicted molar refractivity (Wildman–Crippen MR) is 78.8 cm³/mol. The van der Waals surface area contributed by atoms with Gasteiger partial charge >= 0.3 is 6.03 Å². The van der Waals surface area contributed by atoms with Crippen LogP contribution in [0, 0.1) is 0 Å². The number of aromatic nitrogens is 1. The smallest absolute Gasteiger partial charge is 0.319 e. The van der Waals surface area contributed by atoms with Crippen molar-refractivity contribution in [1.82, 2.24) is 15.6 Å². The van der Waals surface area contributed by atoms with Crippen LogP contribution < -0.4 is 16.0 Å². The summed E-state index contributed by atoms with van der Waals surface area (Å²) in [5.41, 5.74) is 0.0604. The number of urea groups is 1. The molecule has 1 rings (SSSR count). The van der Waals surface area contributed by atoms with E-state index in [2.05, 4.69) is 20.9 Å². The van der Waals surface area contributed by atoms with Crippen molar-refractivity contribution in [3.05, 3.63) is 23.5 Å². The molecule has 0 aliphatic carbocycles. The Balaban J connectivity index is 2.47. The Labute approximate surface area is 123 Å². The van der Waals surface area contributed by atoms with Crippen molar-refractivity contribution < 1.29 is 9.59 Å². The summed E-state index contributed by atoms with van der Waals surface area (Å²) in [5, 5.41) is 8.37. The van der Waals surface area contributed by atoms with Crippen molar-refractivity contribution in [1.29, 1.82) is 0 Å². The third kappa shape index (κ3) is 5.88. The second kappa shape index (κ2) is 7.09. The zero-order chi connectivity index (χ0) is 15.2. The number of anilines is 1. The van der Waals surface area contributed by atoms with Crippen molar-refractivity contribution in [3.63, 3.8) is 0 Å². The molecule has 6 nitrogen and oxygen atoms in total. The molecule has 0 spiro atoms. The van der Waals surface area contributed by atoms with E-state index in [1.807, 2.05) is 13.8 Å². The Morgan fingerprint density at radius 1 is 1.35 bits per heavy atom. The third-order valence-electron chi connectivity index (χ3n) is 2.69. The molecule has 0 radical (unpaired) electrons. The molecule has 7 heteroatoms. The fraction of sp³-hybridized carbons (Fsp3) is 0.462. The molecular weight excluding hydrogens is 280 g/mol. The van der Waals surface area contributed by atoms with Gasteiger partial charge in [-0.05, 0) is 32.4 Å². The first-order chi connectivity index (χ1) is 9.32. The number of carbonyl (C=O) groups is 2. The van der Waals surface area contributed by atoms with Crippen LogP contribution in [0.3, 0.4) is 0 Å². The van der Waals surface area contributed by atoms with Gasteiger partial charge in [-0.3, -0.25) is 4.79 Å². The van der Waals surface area contributed by atoms with Gasteiger partial charge in [-0.2, -0.15) is 0 Å². The second-order valence-electron chi connectivity index (χ2n) is 5.01. The van der Waals surface area contributed by atoms with Crippen LogP contribution in [0.15, 0.2) is 18.3 Å². The molecule has 0 aliphatic rings. The van der Waals surface area contributed by atoms with Gasteiger partial charge in [0, 0.05) is 19.0 Å². The molecule has 0 aliphatic heterocycles. The summed E-state index contributed by atoms with van der Waals surface area (Å²) in [5.74, 6) is -0.0535. The minimum atomic E-state index is -0.490. The molecule has 1 aromatic rings. The van der Waals surface area contributed by atoms with Gasteiger partial charge in [-0.25, -0.2) is 9.78 Å². The van der Waals surface area contributed by atoms with Crippen molar-refractivity contribution in [2.24, 2.45) is 0 Å². The Kier molecular flexibility index (Phi) is 5.76. The average Bonchev–Trinajstić information content (AvgIpc) is 2.38. The summed E-state index contributed by atoms with van der Waals surface area (Å²) in [4.78, 5) is 26.9. The van der Waals surface area contributed by atoms with Crippen LogP contribution in [0.5, 0.6) is 0 Å². The summed E-state index contributed by atoms with van der Waals surface area (Å²) in [6.07, 6.45) is 2.37. The number of amides is 3. The van der Waals surface area contributed by atoms with Gasteiger partial charge in [-0.1, -0.05) is 11.6 Å². The number of nitrogens with zero attached hydrogens (tertiary/aromatic N) is 1. The topological polar surface area (TPSA) is 83.1 Å². The van der Waals surface area contributed by atoms with E-state index in [-0.39, 0.29) is 11.9 Å². The summed E-state index contributed by atoms with van der Waals surface area (Å²) in [7, 11) is 1.59. The summed E-state index contributed by atoms with van der Waals surface area (Å²) in [6, 6.07) is 2.90. The zero-order valence-corrected chi connectivity index (χ0v) is 12.5. The molecule has 20 heavy (non-hydrogen) atoms. The number of hydrogen-bond donors (Lipinski definition) is 3. The Bertz CT molecular complexity index is 474. The fourth-order valence-corrected chi connectivity index (χ4v) is 1.64. The molecule has 0 fully saturated rings. The molecule has 0 saturated heterocycles. The van der Waals surface area contributed by atoms with Gasteiger partial charge < -0.3 is 16.0 Å². The van der Waals surface area contributed by atoms with E-state index in [9.17, 15) is 9.59 Å². The molecule has 1 aromatic heterocycles. The van der Waals surface area contributed by atoms with E-state index in [4.69, 9.17) is 11.6 Å². The van der Waals surface area contributed by atoms with Crippen LogP contribution in [0.2, 0.25) is 5.15 Å². The van der Waals surface area contributed by atoms with Crippen LogP contribution in [-0.4, -0.2) is 29.5 Å². The first-order valence-corrected chi connectivity index (χ1v) is 6.61. The molecule has 0 saturated carbocycles. The maximum atomic E-state index is 11.8. The van der Waals surface area contributed by atoms with E-state index < -0.39 is 5.54 Å². The van der Waals surface area contributed by atoms with E-state index in [0.29, 0.717) is 23.7 Å². The summed E-state index contributed by atoms with van der Waals surface area (Å²) < 4.78 is 0. The van der Waals surface area contributed by atoms with E-state index >= 15 is 0 Å². The number of halogens is 1. The first kappa shape index (κ1) is 16.2. The Hall–Kier alpha value is -1.82. The average molecular weight is 299 g/mol. The minimum absolute atomic E-state index is 0.0535. The molecular formula is C13H19ClN4O2. The molecule has 3 N–H and O–H groups in total. The van der Waals surface area contributed by atoms with Crippen molar-refractivity contribution >= 4 is 29.2 Å². The quantitative estimate of drug-likeness (QED) is 0.728. The standard InChI is InChI=1S/C13H19ClN4O2/c1-13(2,7-6-11(19)15-3)18-12(20)17-9-4-5-10(14)16-8-9/h4-5,8H,6-7H2,1-3H3,(H,15,19)(H2,17,18,20). The minimum Gasteiger partial charge on any atom is -0.359 e. The lowest BCUT2D eigenvalue weighted by Gasteiger charge is -2.26. The van der Waals surface area contributed by atoms with Gasteiger partial charge in [0.2, 0.25) is 5.91 Å². The van der Waals surface area contributed by atoms with Crippen molar-refractivity contribution in [2.45, 2.75) is 32.2 Å². The number of nitrogens with one attached hydrogen (secondary N) is 3.